The van der Waals surface area contributed by atoms with E-state index in [1.54, 1.807) is 0 Å². The summed E-state index contributed by atoms with van der Waals surface area (Å²) in [7, 11) is -3.86. The van der Waals surface area contributed by atoms with Crippen molar-refractivity contribution in [3.63, 3.8) is 0 Å². The SMILES string of the molecule is O=S(=O)(NCC1CN(CCOc2cccc3c2OCCO3)C1)c1ccc(C(F)(F)F)cc1. The predicted octanol–water partition coefficient (Wildman–Crippen LogP) is 2.77. The van der Waals surface area contributed by atoms with Crippen molar-refractivity contribution in [3.05, 3.63) is 48.0 Å². The molecule has 0 spiro atoms. The molecule has 1 N–H and O–H groups in total. The van der Waals surface area contributed by atoms with Gasteiger partial charge in [0, 0.05) is 26.2 Å². The smallest absolute Gasteiger partial charge is 0.416 e. The molecule has 0 radical (unpaired) electrons. The molecule has 2 aromatic rings. The summed E-state index contributed by atoms with van der Waals surface area (Å²) in [5.74, 6) is 2.03. The topological polar surface area (TPSA) is 77.1 Å². The van der Waals surface area contributed by atoms with Gasteiger partial charge in [0.15, 0.2) is 11.5 Å². The second-order valence-electron chi connectivity index (χ2n) is 7.63. The lowest BCUT2D eigenvalue weighted by Gasteiger charge is -2.39. The molecule has 0 saturated carbocycles. The Morgan fingerprint density at radius 2 is 1.78 bits per heavy atom. The van der Waals surface area contributed by atoms with Crippen molar-refractivity contribution in [2.24, 2.45) is 5.92 Å². The third-order valence-electron chi connectivity index (χ3n) is 5.28. The maximum Gasteiger partial charge on any atom is 0.416 e. The Labute approximate surface area is 184 Å². The third-order valence-corrected chi connectivity index (χ3v) is 6.72. The van der Waals surface area contributed by atoms with E-state index in [0.29, 0.717) is 56.7 Å². The number of para-hydroxylation sites is 1. The van der Waals surface area contributed by atoms with Gasteiger partial charge in [0.25, 0.3) is 0 Å². The quantitative estimate of drug-likeness (QED) is 0.637. The van der Waals surface area contributed by atoms with Gasteiger partial charge >= 0.3 is 6.18 Å². The van der Waals surface area contributed by atoms with Crippen molar-refractivity contribution in [3.8, 4) is 17.2 Å². The Morgan fingerprint density at radius 3 is 2.50 bits per heavy atom. The number of fused-ring (bicyclic) bond motifs is 1. The zero-order chi connectivity index (χ0) is 22.8. The van der Waals surface area contributed by atoms with Crippen molar-refractivity contribution >= 4 is 10.0 Å². The molecule has 0 aliphatic carbocycles. The summed E-state index contributed by atoms with van der Waals surface area (Å²) in [5.41, 5.74) is -0.886. The molecular formula is C21H23F3N2O5S. The average Bonchev–Trinajstić information content (AvgIpc) is 2.74. The minimum absolute atomic E-state index is 0.125. The maximum absolute atomic E-state index is 12.6. The Hall–Kier alpha value is -2.50. The molecule has 1 fully saturated rings. The molecular weight excluding hydrogens is 449 g/mol. The summed E-state index contributed by atoms with van der Waals surface area (Å²) in [4.78, 5) is 1.94. The summed E-state index contributed by atoms with van der Waals surface area (Å²) in [6.07, 6.45) is -4.50. The molecule has 174 valence electrons. The van der Waals surface area contributed by atoms with Crippen LogP contribution in [-0.2, 0) is 16.2 Å². The van der Waals surface area contributed by atoms with Gasteiger partial charge in [0.1, 0.15) is 19.8 Å². The number of sulfonamides is 1. The van der Waals surface area contributed by atoms with Gasteiger partial charge in [0.2, 0.25) is 15.8 Å². The van der Waals surface area contributed by atoms with Gasteiger partial charge in [-0.1, -0.05) is 6.07 Å². The Balaban J connectivity index is 1.19. The molecule has 32 heavy (non-hydrogen) atoms. The van der Waals surface area contributed by atoms with Gasteiger partial charge in [0.05, 0.1) is 10.5 Å². The van der Waals surface area contributed by atoms with E-state index in [2.05, 4.69) is 9.62 Å². The highest BCUT2D eigenvalue weighted by molar-refractivity contribution is 7.89. The Morgan fingerprint density at radius 1 is 1.06 bits per heavy atom. The molecule has 4 rings (SSSR count). The van der Waals surface area contributed by atoms with Crippen LogP contribution in [0.4, 0.5) is 13.2 Å². The van der Waals surface area contributed by atoms with E-state index in [-0.39, 0.29) is 17.4 Å². The highest BCUT2D eigenvalue weighted by Crippen LogP contribution is 2.39. The van der Waals surface area contributed by atoms with Crippen molar-refractivity contribution in [2.45, 2.75) is 11.1 Å². The number of ether oxygens (including phenoxy) is 3. The molecule has 2 aromatic carbocycles. The summed E-state index contributed by atoms with van der Waals surface area (Å²) in [6.45, 7) is 3.73. The summed E-state index contributed by atoms with van der Waals surface area (Å²) < 4.78 is 81.9. The van der Waals surface area contributed by atoms with Crippen molar-refractivity contribution in [2.75, 3.05) is 46.0 Å². The lowest BCUT2D eigenvalue weighted by atomic mass is 10.0. The number of likely N-dealkylation sites (tertiary alicyclic amines) is 1. The highest BCUT2D eigenvalue weighted by Gasteiger charge is 2.31. The zero-order valence-electron chi connectivity index (χ0n) is 17.1. The van der Waals surface area contributed by atoms with Gasteiger partial charge in [-0.3, -0.25) is 4.90 Å². The van der Waals surface area contributed by atoms with Gasteiger partial charge in [-0.2, -0.15) is 13.2 Å². The van der Waals surface area contributed by atoms with Crippen molar-refractivity contribution in [1.29, 1.82) is 0 Å². The summed E-state index contributed by atoms with van der Waals surface area (Å²) in [5, 5.41) is 0. The molecule has 11 heteroatoms. The zero-order valence-corrected chi connectivity index (χ0v) is 17.9. The van der Waals surface area contributed by atoms with Crippen LogP contribution in [0.1, 0.15) is 5.56 Å². The van der Waals surface area contributed by atoms with E-state index in [1.807, 2.05) is 18.2 Å². The first kappa shape index (κ1) is 22.7. The highest BCUT2D eigenvalue weighted by atomic mass is 32.2. The predicted molar refractivity (Wildman–Crippen MR) is 109 cm³/mol. The van der Waals surface area contributed by atoms with Gasteiger partial charge in [-0.05, 0) is 42.3 Å². The number of nitrogens with one attached hydrogen (secondary N) is 1. The second-order valence-corrected chi connectivity index (χ2v) is 9.40. The van der Waals surface area contributed by atoms with E-state index in [9.17, 15) is 21.6 Å². The number of hydrogen-bond acceptors (Lipinski definition) is 6. The van der Waals surface area contributed by atoms with E-state index in [0.717, 1.165) is 24.3 Å². The normalized spacial score (nSPS) is 17.1. The van der Waals surface area contributed by atoms with Crippen LogP contribution < -0.4 is 18.9 Å². The Kier molecular flexibility index (Phi) is 6.50. The van der Waals surface area contributed by atoms with E-state index >= 15 is 0 Å². The molecule has 2 heterocycles. The first-order valence-corrected chi connectivity index (χ1v) is 11.6. The molecule has 0 amide bonds. The van der Waals surface area contributed by atoms with Crippen LogP contribution in [0, 0.1) is 5.92 Å². The minimum atomic E-state index is -4.50. The monoisotopic (exact) mass is 472 g/mol. The van der Waals surface area contributed by atoms with Crippen LogP contribution in [0.3, 0.4) is 0 Å². The van der Waals surface area contributed by atoms with Crippen LogP contribution >= 0.6 is 0 Å². The molecule has 1 saturated heterocycles. The molecule has 0 atom stereocenters. The fourth-order valence-electron chi connectivity index (χ4n) is 3.57. The average molecular weight is 472 g/mol. The van der Waals surface area contributed by atoms with Gasteiger partial charge < -0.3 is 14.2 Å². The molecule has 0 unspecified atom stereocenters. The summed E-state index contributed by atoms with van der Waals surface area (Å²) >= 11 is 0. The number of alkyl halides is 3. The van der Waals surface area contributed by atoms with E-state index in [4.69, 9.17) is 14.2 Å². The molecule has 7 nitrogen and oxygen atoms in total. The lowest BCUT2D eigenvalue weighted by molar-refractivity contribution is -0.137. The standard InChI is InChI=1S/C21H23F3N2O5S/c22-21(23,24)16-4-6-17(7-5-16)32(27,28)25-12-15-13-26(14-15)8-9-29-18-2-1-3-19-20(18)31-11-10-30-19/h1-7,15,25H,8-14H2. The maximum atomic E-state index is 12.6. The second kappa shape index (κ2) is 9.16. The van der Waals surface area contributed by atoms with Crippen LogP contribution in [0.2, 0.25) is 0 Å². The van der Waals surface area contributed by atoms with Crippen molar-refractivity contribution < 1.29 is 35.8 Å². The van der Waals surface area contributed by atoms with Crippen molar-refractivity contribution in [1.82, 2.24) is 9.62 Å². The number of halogens is 3. The number of nitrogens with zero attached hydrogens (tertiary/aromatic N) is 1. The molecule has 2 aliphatic rings. The molecule has 0 aromatic heterocycles. The van der Waals surface area contributed by atoms with Gasteiger partial charge in [-0.25, -0.2) is 13.1 Å². The first-order valence-electron chi connectivity index (χ1n) is 10.1. The number of hydrogen-bond donors (Lipinski definition) is 1. The van der Waals surface area contributed by atoms with Crippen LogP contribution in [0.5, 0.6) is 17.2 Å². The number of benzene rings is 2. The molecule has 2 aliphatic heterocycles. The van der Waals surface area contributed by atoms with E-state index < -0.39 is 21.8 Å². The minimum Gasteiger partial charge on any atom is -0.488 e. The summed E-state index contributed by atoms with van der Waals surface area (Å²) in [6, 6.07) is 8.95. The first-order chi connectivity index (χ1) is 15.2. The van der Waals surface area contributed by atoms with Crippen LogP contribution in [0.15, 0.2) is 47.4 Å². The fraction of sp³-hybridized carbons (Fsp3) is 0.429. The third kappa shape index (κ3) is 5.28. The fourth-order valence-corrected chi connectivity index (χ4v) is 4.68. The van der Waals surface area contributed by atoms with Gasteiger partial charge in [-0.15, -0.1) is 0 Å². The largest absolute Gasteiger partial charge is 0.488 e. The lowest BCUT2D eigenvalue weighted by Crippen LogP contribution is -2.52. The molecule has 0 bridgehead atoms. The Bertz CT molecular complexity index is 1040. The van der Waals surface area contributed by atoms with Crippen LogP contribution in [0.25, 0.3) is 0 Å². The van der Waals surface area contributed by atoms with Crippen LogP contribution in [-0.4, -0.2) is 59.3 Å². The van der Waals surface area contributed by atoms with E-state index in [1.165, 1.54) is 0 Å². The number of rotatable bonds is 8.